The number of anilines is 2. The maximum atomic E-state index is 6.93. The van der Waals surface area contributed by atoms with E-state index in [9.17, 15) is 0 Å². The van der Waals surface area contributed by atoms with E-state index < -0.39 is 0 Å². The molecule has 1 aliphatic heterocycles. The first kappa shape index (κ1) is 41.7. The molecule has 0 amide bonds. The van der Waals surface area contributed by atoms with E-state index in [4.69, 9.17) is 9.72 Å². The molecule has 0 unspecified atom stereocenters. The van der Waals surface area contributed by atoms with Crippen LogP contribution in [0.1, 0.15) is 97.8 Å². The molecule has 2 aromatic heterocycles. The zero-order valence-electron chi connectivity index (χ0n) is 38.6. The number of rotatable bonds is 9. The maximum absolute atomic E-state index is 6.93. The third kappa shape index (κ3) is 8.13. The molecule has 0 bridgehead atoms. The maximum Gasteiger partial charge on any atom is 0.137 e. The van der Waals surface area contributed by atoms with Gasteiger partial charge >= 0.3 is 0 Å². The second-order valence-electron chi connectivity index (χ2n) is 19.8. The van der Waals surface area contributed by atoms with Gasteiger partial charge in [0.05, 0.1) is 17.7 Å². The van der Waals surface area contributed by atoms with Gasteiger partial charge in [-0.3, -0.25) is 4.57 Å². The first-order valence-electron chi connectivity index (χ1n) is 22.5. The Morgan fingerprint density at radius 2 is 1.22 bits per heavy atom. The number of para-hydroxylation sites is 1. The van der Waals surface area contributed by atoms with Gasteiger partial charge in [-0.2, -0.15) is 0 Å². The average molecular weight is 829 g/mol. The van der Waals surface area contributed by atoms with Crippen molar-refractivity contribution in [2.24, 2.45) is 5.41 Å². The van der Waals surface area contributed by atoms with E-state index in [1.807, 2.05) is 6.20 Å². The van der Waals surface area contributed by atoms with Gasteiger partial charge in [0.2, 0.25) is 0 Å². The topological polar surface area (TPSA) is 33.5 Å². The highest BCUT2D eigenvalue weighted by Gasteiger charge is 2.32. The van der Waals surface area contributed by atoms with Crippen LogP contribution in [0.15, 0.2) is 164 Å². The number of ether oxygens (including phenoxy) is 1. The summed E-state index contributed by atoms with van der Waals surface area (Å²) in [5.74, 6) is 3.31. The number of aromatic nitrogens is 2. The van der Waals surface area contributed by atoms with E-state index in [1.165, 1.54) is 44.6 Å². The van der Waals surface area contributed by atoms with Gasteiger partial charge in [0.25, 0.3) is 0 Å². The SMILES string of the molecule is CC(C)c1cccc(C(C)C)c1-c1ccc(N2CN(c3cc(Oc4ccc5c6ccccc6n(-c6cc(C(C)(C)C)ccn6)c5c4)cc(-c4ccccc4)c3)C=C2C(C)(C)C)cc1. The minimum absolute atomic E-state index is 0.0101. The Labute approximate surface area is 374 Å². The Hall–Kier alpha value is -6.59. The van der Waals surface area contributed by atoms with E-state index in [2.05, 4.69) is 235 Å². The quantitative estimate of drug-likeness (QED) is 0.145. The van der Waals surface area contributed by atoms with Gasteiger partial charge in [0, 0.05) is 57.8 Å². The second-order valence-corrected chi connectivity index (χ2v) is 19.8. The molecule has 9 rings (SSSR count). The molecule has 1 aliphatic rings. The molecule has 0 N–H and O–H groups in total. The van der Waals surface area contributed by atoms with Crippen LogP contribution < -0.4 is 14.5 Å². The molecule has 0 saturated heterocycles. The summed E-state index contributed by atoms with van der Waals surface area (Å²) in [4.78, 5) is 9.74. The molecule has 318 valence electrons. The molecule has 63 heavy (non-hydrogen) atoms. The van der Waals surface area contributed by atoms with Crippen molar-refractivity contribution in [2.75, 3.05) is 16.5 Å². The van der Waals surface area contributed by atoms with Gasteiger partial charge < -0.3 is 14.5 Å². The molecule has 5 nitrogen and oxygen atoms in total. The fraction of sp³-hybridized carbons (Fsp3) is 0.259. The lowest BCUT2D eigenvalue weighted by molar-refractivity contribution is 0.483. The molecular weight excluding hydrogens is 769 g/mol. The number of fused-ring (bicyclic) bond motifs is 3. The van der Waals surface area contributed by atoms with Crippen LogP contribution in [0.5, 0.6) is 11.5 Å². The van der Waals surface area contributed by atoms with Crippen LogP contribution in [0, 0.1) is 5.41 Å². The smallest absolute Gasteiger partial charge is 0.137 e. The van der Waals surface area contributed by atoms with Crippen molar-refractivity contribution >= 4 is 33.2 Å². The molecule has 5 heteroatoms. The second kappa shape index (κ2) is 16.3. The third-order valence-electron chi connectivity index (χ3n) is 12.5. The van der Waals surface area contributed by atoms with Crippen LogP contribution in [0.4, 0.5) is 11.4 Å². The Balaban J connectivity index is 1.10. The number of benzene rings is 6. The molecule has 0 saturated carbocycles. The summed E-state index contributed by atoms with van der Waals surface area (Å²) in [7, 11) is 0. The van der Waals surface area contributed by atoms with E-state index >= 15 is 0 Å². The monoisotopic (exact) mass is 828 g/mol. The molecule has 3 heterocycles. The Bertz CT molecular complexity index is 2950. The number of pyridine rings is 1. The van der Waals surface area contributed by atoms with Crippen LogP contribution in [-0.2, 0) is 5.41 Å². The van der Waals surface area contributed by atoms with Gasteiger partial charge in [-0.25, -0.2) is 4.98 Å². The Kier molecular flexibility index (Phi) is 10.8. The Morgan fingerprint density at radius 3 is 1.90 bits per heavy atom. The predicted molar refractivity (Wildman–Crippen MR) is 267 cm³/mol. The van der Waals surface area contributed by atoms with Crippen LogP contribution in [0.25, 0.3) is 49.9 Å². The molecular formula is C58H60N4O. The zero-order chi connectivity index (χ0) is 44.2. The highest BCUT2D eigenvalue weighted by atomic mass is 16.5. The Morgan fingerprint density at radius 1 is 0.540 bits per heavy atom. The van der Waals surface area contributed by atoms with Gasteiger partial charge in [0.1, 0.15) is 17.3 Å². The molecule has 6 aromatic carbocycles. The van der Waals surface area contributed by atoms with E-state index in [-0.39, 0.29) is 10.8 Å². The van der Waals surface area contributed by atoms with Crippen molar-refractivity contribution in [3.63, 3.8) is 0 Å². The normalized spacial score (nSPS) is 13.5. The summed E-state index contributed by atoms with van der Waals surface area (Å²) in [6.07, 6.45) is 4.26. The number of allylic oxidation sites excluding steroid dienone is 1. The molecule has 0 fully saturated rings. The van der Waals surface area contributed by atoms with Gasteiger partial charge in [-0.05, 0) is 111 Å². The van der Waals surface area contributed by atoms with E-state index in [0.29, 0.717) is 18.5 Å². The average Bonchev–Trinajstić information content (AvgIpc) is 3.87. The molecule has 8 aromatic rings. The predicted octanol–water partition coefficient (Wildman–Crippen LogP) is 16.0. The number of hydrogen-bond acceptors (Lipinski definition) is 4. The van der Waals surface area contributed by atoms with Crippen molar-refractivity contribution in [2.45, 2.75) is 86.5 Å². The summed E-state index contributed by atoms with van der Waals surface area (Å²) < 4.78 is 9.21. The number of nitrogens with zero attached hydrogens (tertiary/aromatic N) is 4. The first-order valence-corrected chi connectivity index (χ1v) is 22.5. The summed E-state index contributed by atoms with van der Waals surface area (Å²) >= 11 is 0. The molecule has 0 spiro atoms. The van der Waals surface area contributed by atoms with Crippen molar-refractivity contribution in [1.29, 1.82) is 0 Å². The van der Waals surface area contributed by atoms with Gasteiger partial charge in [-0.15, -0.1) is 0 Å². The third-order valence-corrected chi connectivity index (χ3v) is 12.5. The van der Waals surface area contributed by atoms with E-state index in [0.717, 1.165) is 50.6 Å². The van der Waals surface area contributed by atoms with Crippen LogP contribution >= 0.6 is 0 Å². The lowest BCUT2D eigenvalue weighted by Gasteiger charge is -2.31. The highest BCUT2D eigenvalue weighted by Crippen LogP contribution is 2.43. The zero-order valence-corrected chi connectivity index (χ0v) is 38.6. The fourth-order valence-corrected chi connectivity index (χ4v) is 9.16. The summed E-state index contributed by atoms with van der Waals surface area (Å²) in [6.45, 7) is 23.5. The van der Waals surface area contributed by atoms with Crippen LogP contribution in [0.2, 0.25) is 0 Å². The lowest BCUT2D eigenvalue weighted by Crippen LogP contribution is -2.30. The van der Waals surface area contributed by atoms with Crippen molar-refractivity contribution in [3.05, 3.63) is 180 Å². The highest BCUT2D eigenvalue weighted by molar-refractivity contribution is 6.09. The summed E-state index contributed by atoms with van der Waals surface area (Å²) in [6, 6.07) is 52.6. The van der Waals surface area contributed by atoms with Crippen LogP contribution in [0.3, 0.4) is 0 Å². The van der Waals surface area contributed by atoms with Crippen LogP contribution in [-0.4, -0.2) is 16.2 Å². The lowest BCUT2D eigenvalue weighted by atomic mass is 9.85. The molecule has 0 atom stereocenters. The molecule has 0 aliphatic carbocycles. The van der Waals surface area contributed by atoms with E-state index in [1.54, 1.807) is 0 Å². The van der Waals surface area contributed by atoms with Gasteiger partial charge in [0.15, 0.2) is 0 Å². The first-order chi connectivity index (χ1) is 30.1. The molecule has 0 radical (unpaired) electrons. The van der Waals surface area contributed by atoms with Crippen molar-refractivity contribution in [1.82, 2.24) is 9.55 Å². The van der Waals surface area contributed by atoms with Crippen molar-refractivity contribution < 1.29 is 4.74 Å². The summed E-state index contributed by atoms with van der Waals surface area (Å²) in [5.41, 5.74) is 14.5. The van der Waals surface area contributed by atoms with Gasteiger partial charge in [-0.1, -0.05) is 148 Å². The number of hydrogen-bond donors (Lipinski definition) is 0. The fourth-order valence-electron chi connectivity index (χ4n) is 9.16. The minimum Gasteiger partial charge on any atom is -0.457 e. The van der Waals surface area contributed by atoms with Crippen molar-refractivity contribution in [3.8, 4) is 39.6 Å². The standard InChI is InChI=1S/C58H60N4O/c1-38(2)48-20-16-21-49(39(3)4)56(48)41-23-25-44(26-24-41)61-37-60(36-54(61)58(8,9)10)45-31-42(40-17-12-11-13-18-40)32-47(34-45)63-46-27-28-51-50-19-14-15-22-52(50)62(53(51)35-46)55-33-43(29-30-59-55)57(5,6)7/h11-36,38-39H,37H2,1-10H3. The summed E-state index contributed by atoms with van der Waals surface area (Å²) in [5, 5.41) is 2.35. The minimum atomic E-state index is -0.103. The largest absolute Gasteiger partial charge is 0.457 e.